The predicted octanol–water partition coefficient (Wildman–Crippen LogP) is 5.70. The lowest BCUT2D eigenvalue weighted by Crippen LogP contribution is -2.39. The van der Waals surface area contributed by atoms with Crippen LogP contribution in [0.1, 0.15) is 55.8 Å². The molecule has 1 aliphatic carbocycles. The summed E-state index contributed by atoms with van der Waals surface area (Å²) in [5, 5.41) is 12.2. The maximum absolute atomic E-state index is 13.8. The summed E-state index contributed by atoms with van der Waals surface area (Å²) >= 11 is 1.36. The Balaban J connectivity index is 1.37. The summed E-state index contributed by atoms with van der Waals surface area (Å²) in [4.78, 5) is 22.0. The Morgan fingerprint density at radius 3 is 2.40 bits per heavy atom. The molecule has 0 bridgehead atoms. The third-order valence-corrected chi connectivity index (χ3v) is 9.01. The summed E-state index contributed by atoms with van der Waals surface area (Å²) in [5.74, 6) is -2.25. The molecule has 1 amide bonds. The van der Waals surface area contributed by atoms with Crippen LogP contribution in [0.2, 0.25) is 0 Å². The third-order valence-electron chi connectivity index (χ3n) is 8.13. The van der Waals surface area contributed by atoms with Gasteiger partial charge in [-0.15, -0.1) is 0 Å². The number of hydrogen-bond donors (Lipinski definition) is 3. The van der Waals surface area contributed by atoms with Crippen molar-refractivity contribution in [3.8, 4) is 5.75 Å². The summed E-state index contributed by atoms with van der Waals surface area (Å²) in [5.41, 5.74) is 2.57. The quantitative estimate of drug-likeness (QED) is 0.309. The molecular weight excluding hydrogens is 543 g/mol. The number of piperidine rings is 2. The number of hydrogen-bond acceptors (Lipinski definition) is 8. The number of nitrogens with zero attached hydrogens (tertiary/aromatic N) is 3. The van der Waals surface area contributed by atoms with E-state index in [-0.39, 0.29) is 49.4 Å². The second-order valence-electron chi connectivity index (χ2n) is 11.0. The topological polar surface area (TPSA) is 90.0 Å². The molecule has 3 fully saturated rings. The van der Waals surface area contributed by atoms with Crippen LogP contribution in [0, 0.1) is 5.41 Å². The Morgan fingerprint density at radius 2 is 1.75 bits per heavy atom. The van der Waals surface area contributed by atoms with Crippen molar-refractivity contribution in [2.24, 2.45) is 5.41 Å². The molecule has 0 radical (unpaired) electrons. The first kappa shape index (κ1) is 28.7. The molecule has 12 heteroatoms. The van der Waals surface area contributed by atoms with E-state index in [2.05, 4.69) is 19.9 Å². The second kappa shape index (κ2) is 11.9. The van der Waals surface area contributed by atoms with Crippen LogP contribution >= 0.6 is 11.9 Å². The zero-order chi connectivity index (χ0) is 28.3. The minimum absolute atomic E-state index is 0.0240. The van der Waals surface area contributed by atoms with E-state index in [9.17, 15) is 23.1 Å². The molecule has 1 spiro atoms. The number of aliphatic hydroxyl groups excluding tert-OH is 1. The van der Waals surface area contributed by atoms with Crippen molar-refractivity contribution in [2.75, 3.05) is 59.5 Å². The van der Waals surface area contributed by atoms with Crippen molar-refractivity contribution in [2.45, 2.75) is 56.6 Å². The molecule has 3 heterocycles. The van der Waals surface area contributed by atoms with Crippen molar-refractivity contribution >= 4 is 40.7 Å². The SMILES string of the molecule is C[C@H](CO)SNc1cc(N2CCC3(CC2)CC3)c(C(=O)Nc2ccc(OCF)c(N3CCC(F)(F)CC3)c2)cn1. The fourth-order valence-electron chi connectivity index (χ4n) is 5.33. The zero-order valence-corrected chi connectivity index (χ0v) is 23.4. The van der Waals surface area contributed by atoms with Crippen LogP contribution in [0.4, 0.5) is 36.1 Å². The van der Waals surface area contributed by atoms with Gasteiger partial charge in [-0.05, 0) is 68.2 Å². The maximum atomic E-state index is 13.8. The Kier molecular flexibility index (Phi) is 8.55. The van der Waals surface area contributed by atoms with E-state index >= 15 is 0 Å². The number of alkyl halides is 3. The summed E-state index contributed by atoms with van der Waals surface area (Å²) in [7, 11) is 0. The Labute approximate surface area is 236 Å². The standard InChI is InChI=1S/C28H36F3N5O3S/c1-19(17-37)40-34-25-15-22(35-10-6-27(4-5-27)7-11-35)21(16-32-25)26(38)33-20-2-3-24(39-18-29)23(14-20)36-12-8-28(30,31)9-13-36/h2-3,14-16,19,37H,4-13,17-18H2,1H3,(H,32,34)(H,33,38)/t19-/m1/s1. The smallest absolute Gasteiger partial charge is 0.259 e. The van der Waals surface area contributed by atoms with Crippen molar-refractivity contribution < 1.29 is 27.8 Å². The van der Waals surface area contributed by atoms with Crippen molar-refractivity contribution in [3.63, 3.8) is 0 Å². The predicted molar refractivity (Wildman–Crippen MR) is 153 cm³/mol. The highest BCUT2D eigenvalue weighted by molar-refractivity contribution is 8.01. The lowest BCUT2D eigenvalue weighted by molar-refractivity contribution is -0.0221. The average molecular weight is 580 g/mol. The van der Waals surface area contributed by atoms with Crippen LogP contribution in [0.3, 0.4) is 0 Å². The fraction of sp³-hybridized carbons (Fsp3) is 0.571. The van der Waals surface area contributed by atoms with E-state index in [1.807, 2.05) is 13.0 Å². The molecule has 2 aliphatic heterocycles. The number of nitrogens with one attached hydrogen (secondary N) is 2. The van der Waals surface area contributed by atoms with Gasteiger partial charge >= 0.3 is 0 Å². The fourth-order valence-corrected chi connectivity index (χ4v) is 5.84. The molecule has 40 heavy (non-hydrogen) atoms. The zero-order valence-electron chi connectivity index (χ0n) is 22.6. The minimum atomic E-state index is -2.73. The summed E-state index contributed by atoms with van der Waals surface area (Å²) in [6.45, 7) is 2.76. The van der Waals surface area contributed by atoms with Gasteiger partial charge in [-0.1, -0.05) is 0 Å². The number of ether oxygens (including phenoxy) is 1. The molecule has 0 unspecified atom stereocenters. The van der Waals surface area contributed by atoms with Crippen LogP contribution in [0.25, 0.3) is 0 Å². The molecule has 1 aromatic heterocycles. The number of halogens is 3. The maximum Gasteiger partial charge on any atom is 0.259 e. The number of amides is 1. The van der Waals surface area contributed by atoms with E-state index in [1.54, 1.807) is 29.3 Å². The number of aliphatic hydroxyl groups is 1. The summed E-state index contributed by atoms with van der Waals surface area (Å²) < 4.78 is 48.8. The molecule has 2 aromatic rings. The minimum Gasteiger partial charge on any atom is -0.461 e. The first-order valence-electron chi connectivity index (χ1n) is 13.8. The lowest BCUT2D eigenvalue weighted by Gasteiger charge is -2.35. The highest BCUT2D eigenvalue weighted by Crippen LogP contribution is 2.54. The van der Waals surface area contributed by atoms with Gasteiger partial charge in [-0.25, -0.2) is 18.2 Å². The molecule has 5 rings (SSSR count). The third kappa shape index (κ3) is 6.71. The van der Waals surface area contributed by atoms with E-state index in [0.717, 1.165) is 31.6 Å². The van der Waals surface area contributed by atoms with Crippen molar-refractivity contribution in [1.82, 2.24) is 4.98 Å². The van der Waals surface area contributed by atoms with Crippen molar-refractivity contribution in [1.29, 1.82) is 0 Å². The molecule has 3 N–H and O–H groups in total. The van der Waals surface area contributed by atoms with Gasteiger partial charge in [-0.3, -0.25) is 4.79 Å². The van der Waals surface area contributed by atoms with Crippen LogP contribution in [0.5, 0.6) is 5.75 Å². The average Bonchev–Trinajstić information content (AvgIpc) is 3.71. The number of carbonyl (C=O) groups is 1. The second-order valence-corrected chi connectivity index (χ2v) is 12.3. The summed E-state index contributed by atoms with van der Waals surface area (Å²) in [6, 6.07) is 6.66. The highest BCUT2D eigenvalue weighted by Gasteiger charge is 2.44. The Morgan fingerprint density at radius 1 is 1.07 bits per heavy atom. The van der Waals surface area contributed by atoms with Gasteiger partial charge in [0.05, 0.1) is 23.5 Å². The van der Waals surface area contributed by atoms with Gasteiger partial charge in [-0.2, -0.15) is 0 Å². The van der Waals surface area contributed by atoms with Crippen LogP contribution in [-0.4, -0.2) is 66.8 Å². The molecule has 1 saturated carbocycles. The monoisotopic (exact) mass is 579 g/mol. The van der Waals surface area contributed by atoms with Gasteiger partial charge in [0.25, 0.3) is 11.8 Å². The number of rotatable bonds is 10. The molecule has 218 valence electrons. The summed E-state index contributed by atoms with van der Waals surface area (Å²) in [6.07, 6.45) is 5.65. The van der Waals surface area contributed by atoms with E-state index < -0.39 is 12.8 Å². The number of aromatic nitrogens is 1. The normalized spacial score (nSPS) is 20.2. The molecule has 8 nitrogen and oxygen atoms in total. The van der Waals surface area contributed by atoms with E-state index in [0.29, 0.717) is 28.2 Å². The number of carbonyl (C=O) groups excluding carboxylic acids is 1. The lowest BCUT2D eigenvalue weighted by atomic mass is 9.93. The van der Waals surface area contributed by atoms with Crippen molar-refractivity contribution in [3.05, 3.63) is 36.0 Å². The molecule has 3 aliphatic rings. The molecular formula is C28H36F3N5O3S. The Bertz CT molecular complexity index is 1200. The first-order valence-corrected chi connectivity index (χ1v) is 14.6. The van der Waals surface area contributed by atoms with E-state index in [1.165, 1.54) is 24.8 Å². The van der Waals surface area contributed by atoms with Gasteiger partial charge in [0, 0.05) is 62.2 Å². The van der Waals surface area contributed by atoms with Crippen LogP contribution < -0.4 is 24.6 Å². The van der Waals surface area contributed by atoms with Gasteiger partial charge in [0.15, 0.2) is 0 Å². The molecule has 2 saturated heterocycles. The first-order chi connectivity index (χ1) is 19.2. The number of pyridine rings is 1. The van der Waals surface area contributed by atoms with E-state index in [4.69, 9.17) is 4.74 Å². The molecule has 1 aromatic carbocycles. The van der Waals surface area contributed by atoms with Gasteiger partial charge < -0.3 is 29.7 Å². The number of anilines is 4. The highest BCUT2D eigenvalue weighted by atomic mass is 32.2. The molecule has 1 atom stereocenters. The van der Waals surface area contributed by atoms with Crippen LogP contribution in [-0.2, 0) is 0 Å². The van der Waals surface area contributed by atoms with Crippen LogP contribution in [0.15, 0.2) is 30.5 Å². The largest absolute Gasteiger partial charge is 0.461 e. The van der Waals surface area contributed by atoms with Gasteiger partial charge in [0.1, 0.15) is 11.6 Å². The Hall–Kier alpha value is -2.86. The van der Waals surface area contributed by atoms with Gasteiger partial charge in [0.2, 0.25) is 6.86 Å². The number of benzene rings is 1.